The Kier molecular flexibility index (Phi) is 5.87. The molecule has 0 aliphatic carbocycles. The average molecular weight is 870 g/mol. The van der Waals surface area contributed by atoms with Gasteiger partial charge in [0.2, 0.25) is 0 Å². The number of hydrogen-bond acceptors (Lipinski definition) is 9. The van der Waals surface area contributed by atoms with Crippen molar-refractivity contribution in [2.24, 2.45) is 0 Å². The number of nitrogens with zero attached hydrogens (tertiary/aromatic N) is 5. The van der Waals surface area contributed by atoms with Crippen LogP contribution in [0, 0.1) is 0 Å². The van der Waals surface area contributed by atoms with Crippen LogP contribution in [0.5, 0.6) is 46.0 Å². The number of hydrogen-bond donors (Lipinski definition) is 0. The van der Waals surface area contributed by atoms with Gasteiger partial charge in [0.15, 0.2) is 46.0 Å². The number of fused-ring (bicyclic) bond motifs is 19. The van der Waals surface area contributed by atoms with E-state index >= 15 is 0 Å². The maximum Gasteiger partial charge on any atom is 0.254 e. The second-order valence-corrected chi connectivity index (χ2v) is 18.5. The second kappa shape index (κ2) is 11.6. The van der Waals surface area contributed by atoms with Crippen LogP contribution < -0.4 is 71.3 Å². The summed E-state index contributed by atoms with van der Waals surface area (Å²) in [7, 11) is 0. The number of benzene rings is 9. The summed E-state index contributed by atoms with van der Waals surface area (Å²) < 4.78 is 27.4. The average Bonchev–Trinajstić information content (AvgIpc) is 3.38. The van der Waals surface area contributed by atoms with E-state index in [4.69, 9.17) is 23.9 Å². The zero-order chi connectivity index (χ0) is 43.7. The van der Waals surface area contributed by atoms with E-state index in [0.29, 0.717) is 0 Å². The molecular formula is C57H29B2N5O4. The summed E-state index contributed by atoms with van der Waals surface area (Å²) in [5.74, 6) is 7.30. The number of pyridine rings is 1. The number of anilines is 12. The van der Waals surface area contributed by atoms with E-state index in [1.165, 1.54) is 5.46 Å². The van der Waals surface area contributed by atoms with Crippen molar-refractivity contribution in [1.82, 2.24) is 4.98 Å². The molecule has 9 nitrogen and oxygen atoms in total. The van der Waals surface area contributed by atoms with E-state index in [0.717, 1.165) is 153 Å². The molecule has 10 aromatic rings. The molecule has 68 heavy (non-hydrogen) atoms. The smallest absolute Gasteiger partial charge is 0.254 e. The molecule has 11 heteroatoms. The zero-order valence-electron chi connectivity index (χ0n) is 35.8. The van der Waals surface area contributed by atoms with E-state index < -0.39 is 0 Å². The predicted octanol–water partition coefficient (Wildman–Crippen LogP) is 10.8. The van der Waals surface area contributed by atoms with Crippen LogP contribution in [-0.4, -0.2) is 18.4 Å². The Labute approximate surface area is 389 Å². The minimum Gasteiger partial charge on any atom is -0.453 e. The van der Waals surface area contributed by atoms with Crippen LogP contribution in [0.2, 0.25) is 0 Å². The predicted molar refractivity (Wildman–Crippen MR) is 270 cm³/mol. The van der Waals surface area contributed by atoms with Crippen LogP contribution in [-0.2, 0) is 0 Å². The Bertz CT molecular complexity index is 3800. The highest BCUT2D eigenvalue weighted by Gasteiger charge is 2.53. The molecule has 9 heterocycles. The SMILES string of the molecule is c1ccc2c(c1)Oc1cccc3c1N2c1cc2c4c5c(nc2c2c1B3c1cccc3c1N2c1ccccc1O3)N1c2ccccc2Oc2cccc(c21)B5c1cccc2c1N4c1ccccc1O2. The standard InChI is InChI=1S/C57H29B2N5O4/c1-5-21-40-35(17-1)61-39-29-30-50(56-48(39)58(31-13-9-25-44(65-40)52(31)61)32-14-10-27-46-54(32)63(56)37-19-3-7-23-42(37)67-46)60-57-49-51(30)62-36-18-2-6-22-41(36)66-45-26-11-15-33(53(45)62)59(49)34-16-12-28-47-55(34)64(57)38-20-4-8-24-43(38)68-47/h1-29H. The summed E-state index contributed by atoms with van der Waals surface area (Å²) in [6.45, 7) is -0.385. The molecule has 0 saturated heterocycles. The Morgan fingerprint density at radius 3 is 1.16 bits per heavy atom. The molecule has 312 valence electrons. The Hall–Kier alpha value is -9.08. The maximum atomic E-state index is 6.89. The molecule has 9 aromatic carbocycles. The topological polar surface area (TPSA) is 62.8 Å². The van der Waals surface area contributed by atoms with E-state index in [2.05, 4.69) is 189 Å². The van der Waals surface area contributed by atoms with Gasteiger partial charge in [-0.25, -0.2) is 4.98 Å². The van der Waals surface area contributed by atoms with Crippen LogP contribution in [0.4, 0.5) is 68.4 Å². The highest BCUT2D eigenvalue weighted by Crippen LogP contribution is 2.61. The zero-order valence-corrected chi connectivity index (χ0v) is 35.8. The molecule has 0 radical (unpaired) electrons. The van der Waals surface area contributed by atoms with E-state index in [1.807, 2.05) is 6.07 Å². The van der Waals surface area contributed by atoms with Crippen molar-refractivity contribution in [3.63, 3.8) is 0 Å². The fourth-order valence-electron chi connectivity index (χ4n) is 12.9. The summed E-state index contributed by atoms with van der Waals surface area (Å²) in [6, 6.07) is 62.1. The van der Waals surface area contributed by atoms with E-state index in [9.17, 15) is 0 Å². The lowest BCUT2D eigenvalue weighted by molar-refractivity contribution is 0.476. The fourth-order valence-corrected chi connectivity index (χ4v) is 12.9. The van der Waals surface area contributed by atoms with Crippen LogP contribution in [0.25, 0.3) is 10.9 Å². The molecule has 8 aliphatic heterocycles. The van der Waals surface area contributed by atoms with Gasteiger partial charge in [0.1, 0.15) is 5.82 Å². The molecule has 0 unspecified atom stereocenters. The van der Waals surface area contributed by atoms with Gasteiger partial charge in [-0.3, -0.25) is 4.90 Å². The molecule has 0 fully saturated rings. The van der Waals surface area contributed by atoms with Crippen LogP contribution in [0.3, 0.4) is 0 Å². The third-order valence-electron chi connectivity index (χ3n) is 15.3. The first-order valence-corrected chi connectivity index (χ1v) is 23.1. The summed E-state index contributed by atoms with van der Waals surface area (Å²) in [5.41, 5.74) is 19.0. The van der Waals surface area contributed by atoms with Crippen molar-refractivity contribution in [3.8, 4) is 46.0 Å². The number of para-hydroxylation sites is 12. The lowest BCUT2D eigenvalue weighted by atomic mass is 9.32. The molecule has 0 saturated carbocycles. The lowest BCUT2D eigenvalue weighted by Gasteiger charge is -2.49. The monoisotopic (exact) mass is 869 g/mol. The van der Waals surface area contributed by atoms with Crippen molar-refractivity contribution < 1.29 is 18.9 Å². The second-order valence-electron chi connectivity index (χ2n) is 18.5. The molecule has 8 aliphatic rings. The van der Waals surface area contributed by atoms with Gasteiger partial charge in [0.25, 0.3) is 13.4 Å². The first kappa shape index (κ1) is 34.3. The van der Waals surface area contributed by atoms with Gasteiger partial charge >= 0.3 is 0 Å². The Balaban J connectivity index is 1.08. The van der Waals surface area contributed by atoms with Crippen molar-refractivity contribution in [2.45, 2.75) is 0 Å². The molecule has 0 atom stereocenters. The minimum absolute atomic E-state index is 0.181. The highest BCUT2D eigenvalue weighted by molar-refractivity contribution is 7.02. The largest absolute Gasteiger partial charge is 0.453 e. The molecule has 0 spiro atoms. The summed E-state index contributed by atoms with van der Waals surface area (Å²) in [5, 5.41) is 1.02. The molecule has 0 amide bonds. The van der Waals surface area contributed by atoms with Crippen molar-refractivity contribution in [1.29, 1.82) is 0 Å². The normalized spacial score (nSPS) is 15.1. The van der Waals surface area contributed by atoms with Crippen LogP contribution in [0.15, 0.2) is 176 Å². The molecule has 1 aromatic heterocycles. The van der Waals surface area contributed by atoms with Crippen molar-refractivity contribution in [3.05, 3.63) is 176 Å². The molecule has 0 N–H and O–H groups in total. The first-order valence-electron chi connectivity index (χ1n) is 23.1. The quantitative estimate of drug-likeness (QED) is 0.139. The van der Waals surface area contributed by atoms with Crippen molar-refractivity contribution in [2.75, 3.05) is 19.6 Å². The molecule has 18 rings (SSSR count). The van der Waals surface area contributed by atoms with Crippen molar-refractivity contribution >= 4 is 125 Å². The first-order chi connectivity index (χ1) is 33.8. The van der Waals surface area contributed by atoms with Gasteiger partial charge < -0.3 is 33.6 Å². The number of ether oxygens (including phenoxy) is 4. The van der Waals surface area contributed by atoms with E-state index in [1.54, 1.807) is 0 Å². The van der Waals surface area contributed by atoms with Crippen LogP contribution >= 0.6 is 0 Å². The summed E-state index contributed by atoms with van der Waals surface area (Å²) >= 11 is 0. The van der Waals surface area contributed by atoms with Gasteiger partial charge in [-0.15, -0.1) is 0 Å². The minimum atomic E-state index is -0.204. The third kappa shape index (κ3) is 3.85. The third-order valence-corrected chi connectivity index (χ3v) is 15.3. The van der Waals surface area contributed by atoms with Gasteiger partial charge in [-0.2, -0.15) is 0 Å². The van der Waals surface area contributed by atoms with E-state index in [-0.39, 0.29) is 13.4 Å². The fraction of sp³-hybridized carbons (Fsp3) is 0. The number of rotatable bonds is 0. The Morgan fingerprint density at radius 1 is 0.309 bits per heavy atom. The molecule has 0 bridgehead atoms. The lowest BCUT2D eigenvalue weighted by Crippen LogP contribution is -2.63. The van der Waals surface area contributed by atoms with Crippen LogP contribution in [0.1, 0.15) is 0 Å². The summed E-state index contributed by atoms with van der Waals surface area (Å²) in [4.78, 5) is 15.9. The van der Waals surface area contributed by atoms with Gasteiger partial charge in [-0.05, 0) is 112 Å². The maximum absolute atomic E-state index is 6.89. The van der Waals surface area contributed by atoms with Gasteiger partial charge in [0.05, 0.1) is 62.4 Å². The van der Waals surface area contributed by atoms with Gasteiger partial charge in [-0.1, -0.05) is 97.1 Å². The molecular weight excluding hydrogens is 840 g/mol. The number of aromatic nitrogens is 1. The summed E-state index contributed by atoms with van der Waals surface area (Å²) in [6.07, 6.45) is 0. The Morgan fingerprint density at radius 2 is 0.676 bits per heavy atom. The van der Waals surface area contributed by atoms with Gasteiger partial charge in [0, 0.05) is 11.1 Å². The highest BCUT2D eigenvalue weighted by atomic mass is 16.5.